The molecule has 1 aromatic heterocycles. The van der Waals surface area contributed by atoms with Crippen LogP contribution in [0.4, 0.5) is 0 Å². The van der Waals surface area contributed by atoms with E-state index >= 15 is 0 Å². The molecule has 0 radical (unpaired) electrons. The Bertz CT molecular complexity index is 751. The van der Waals surface area contributed by atoms with Crippen LogP contribution >= 0.6 is 11.8 Å². The van der Waals surface area contributed by atoms with Gasteiger partial charge < -0.3 is 4.74 Å². The van der Waals surface area contributed by atoms with Gasteiger partial charge in [-0.3, -0.25) is 4.79 Å². The molecule has 1 fully saturated rings. The number of nitrogens with zero attached hydrogens (tertiary/aromatic N) is 1. The standard InChI is InChI=1S/C20H25NO2S/c1-13-9-15(3)20-17(10-13)14(2)11-18(21-20)24-12-19(22)23-16-7-5-4-6-8-16/h9-11,16H,4-8,12H2,1-3H3. The molecular formula is C20H25NO2S. The molecule has 1 heterocycles. The number of hydrogen-bond donors (Lipinski definition) is 0. The van der Waals surface area contributed by atoms with Crippen LogP contribution in [0.2, 0.25) is 0 Å². The van der Waals surface area contributed by atoms with Gasteiger partial charge in [0, 0.05) is 5.39 Å². The van der Waals surface area contributed by atoms with Crippen molar-refractivity contribution in [1.82, 2.24) is 4.98 Å². The first-order chi connectivity index (χ1) is 11.5. The summed E-state index contributed by atoms with van der Waals surface area (Å²) in [7, 11) is 0. The van der Waals surface area contributed by atoms with Crippen LogP contribution in [0, 0.1) is 20.8 Å². The summed E-state index contributed by atoms with van der Waals surface area (Å²) in [5.74, 6) is 0.214. The van der Waals surface area contributed by atoms with E-state index in [1.54, 1.807) is 0 Å². The van der Waals surface area contributed by atoms with Gasteiger partial charge in [-0.2, -0.15) is 0 Å². The third-order valence-electron chi connectivity index (χ3n) is 4.62. The molecule has 0 amide bonds. The number of pyridine rings is 1. The average Bonchev–Trinajstić information content (AvgIpc) is 2.55. The molecule has 1 aliphatic carbocycles. The summed E-state index contributed by atoms with van der Waals surface area (Å²) in [4.78, 5) is 16.8. The van der Waals surface area contributed by atoms with Crippen molar-refractivity contribution in [2.45, 2.75) is 64.0 Å². The molecule has 0 bridgehead atoms. The molecule has 0 saturated heterocycles. The van der Waals surface area contributed by atoms with E-state index in [1.165, 1.54) is 53.1 Å². The lowest BCUT2D eigenvalue weighted by molar-refractivity contribution is -0.147. The van der Waals surface area contributed by atoms with Crippen molar-refractivity contribution in [2.24, 2.45) is 0 Å². The van der Waals surface area contributed by atoms with Gasteiger partial charge in [-0.25, -0.2) is 4.98 Å². The van der Waals surface area contributed by atoms with Gasteiger partial charge in [0.15, 0.2) is 0 Å². The zero-order valence-corrected chi connectivity index (χ0v) is 15.5. The zero-order chi connectivity index (χ0) is 17.1. The average molecular weight is 343 g/mol. The third-order valence-corrected chi connectivity index (χ3v) is 5.50. The highest BCUT2D eigenvalue weighted by Gasteiger charge is 2.18. The quantitative estimate of drug-likeness (QED) is 0.570. The monoisotopic (exact) mass is 343 g/mol. The largest absolute Gasteiger partial charge is 0.462 e. The molecule has 0 aliphatic heterocycles. The summed E-state index contributed by atoms with van der Waals surface area (Å²) in [6.07, 6.45) is 5.78. The lowest BCUT2D eigenvalue weighted by Gasteiger charge is -2.21. The van der Waals surface area contributed by atoms with Gasteiger partial charge in [-0.05, 0) is 69.7 Å². The first-order valence-electron chi connectivity index (χ1n) is 8.74. The second-order valence-corrected chi connectivity index (χ2v) is 7.79. The molecule has 0 spiro atoms. The highest BCUT2D eigenvalue weighted by atomic mass is 32.2. The highest BCUT2D eigenvalue weighted by Crippen LogP contribution is 2.27. The van der Waals surface area contributed by atoms with Gasteiger partial charge in [-0.15, -0.1) is 0 Å². The van der Waals surface area contributed by atoms with Gasteiger partial charge in [0.1, 0.15) is 6.10 Å². The van der Waals surface area contributed by atoms with Crippen LogP contribution in [0.25, 0.3) is 10.9 Å². The van der Waals surface area contributed by atoms with Crippen molar-refractivity contribution in [3.8, 4) is 0 Å². The summed E-state index contributed by atoms with van der Waals surface area (Å²) in [6.45, 7) is 6.30. The topological polar surface area (TPSA) is 39.2 Å². The van der Waals surface area contributed by atoms with E-state index in [-0.39, 0.29) is 12.1 Å². The maximum absolute atomic E-state index is 12.1. The predicted molar refractivity (Wildman–Crippen MR) is 99.6 cm³/mol. The molecule has 2 aromatic rings. The Kier molecular flexibility index (Phi) is 5.44. The second kappa shape index (κ2) is 7.56. The van der Waals surface area contributed by atoms with E-state index in [9.17, 15) is 4.79 Å². The molecule has 24 heavy (non-hydrogen) atoms. The lowest BCUT2D eigenvalue weighted by Crippen LogP contribution is -2.21. The van der Waals surface area contributed by atoms with Crippen LogP contribution in [0.3, 0.4) is 0 Å². The summed E-state index contributed by atoms with van der Waals surface area (Å²) in [6, 6.07) is 6.40. The fraction of sp³-hybridized carbons (Fsp3) is 0.500. The Labute approximate surface area is 148 Å². The van der Waals surface area contributed by atoms with E-state index < -0.39 is 0 Å². The minimum Gasteiger partial charge on any atom is -0.462 e. The van der Waals surface area contributed by atoms with Gasteiger partial charge in [0.2, 0.25) is 0 Å². The summed E-state index contributed by atoms with van der Waals surface area (Å²) < 4.78 is 5.58. The maximum atomic E-state index is 12.1. The number of aromatic nitrogens is 1. The van der Waals surface area contributed by atoms with Gasteiger partial charge in [-0.1, -0.05) is 29.8 Å². The van der Waals surface area contributed by atoms with Gasteiger partial charge in [0.05, 0.1) is 16.3 Å². The molecule has 0 atom stereocenters. The Morgan fingerprint density at radius 1 is 1.12 bits per heavy atom. The van der Waals surface area contributed by atoms with E-state index in [2.05, 4.69) is 39.0 Å². The van der Waals surface area contributed by atoms with Crippen molar-refractivity contribution in [3.63, 3.8) is 0 Å². The second-order valence-electron chi connectivity index (χ2n) is 6.79. The predicted octanol–water partition coefficient (Wildman–Crippen LogP) is 5.13. The minimum absolute atomic E-state index is 0.118. The van der Waals surface area contributed by atoms with E-state index in [1.807, 2.05) is 0 Å². The van der Waals surface area contributed by atoms with Crippen molar-refractivity contribution in [3.05, 3.63) is 34.9 Å². The number of aryl methyl sites for hydroxylation is 3. The molecule has 1 aromatic carbocycles. The van der Waals surface area contributed by atoms with E-state index in [0.29, 0.717) is 5.75 Å². The Hall–Kier alpha value is -1.55. The molecule has 128 valence electrons. The lowest BCUT2D eigenvalue weighted by atomic mass is 9.98. The third kappa shape index (κ3) is 4.10. The number of thioether (sulfide) groups is 1. The SMILES string of the molecule is Cc1cc(C)c2nc(SCC(=O)OC3CCCCC3)cc(C)c2c1. The van der Waals surface area contributed by atoms with Crippen LogP contribution in [0.1, 0.15) is 48.8 Å². The number of carbonyl (C=O) groups is 1. The summed E-state index contributed by atoms with van der Waals surface area (Å²) in [5, 5.41) is 2.09. The maximum Gasteiger partial charge on any atom is 0.316 e. The van der Waals surface area contributed by atoms with E-state index in [4.69, 9.17) is 9.72 Å². The number of benzene rings is 1. The smallest absolute Gasteiger partial charge is 0.316 e. The first-order valence-corrected chi connectivity index (χ1v) is 9.72. The summed E-state index contributed by atoms with van der Waals surface area (Å²) in [5.41, 5.74) is 4.67. The van der Waals surface area contributed by atoms with Gasteiger partial charge in [0.25, 0.3) is 0 Å². The molecule has 1 aliphatic rings. The zero-order valence-electron chi connectivity index (χ0n) is 14.7. The molecule has 3 nitrogen and oxygen atoms in total. The van der Waals surface area contributed by atoms with Crippen molar-refractivity contribution >= 4 is 28.6 Å². The Balaban J connectivity index is 1.68. The van der Waals surface area contributed by atoms with Crippen LogP contribution < -0.4 is 0 Å². The normalized spacial score (nSPS) is 15.6. The Morgan fingerprint density at radius 2 is 1.88 bits per heavy atom. The van der Waals surface area contributed by atoms with E-state index in [0.717, 1.165) is 23.4 Å². The van der Waals surface area contributed by atoms with Crippen LogP contribution in [-0.2, 0) is 9.53 Å². The summed E-state index contributed by atoms with van der Waals surface area (Å²) >= 11 is 1.47. The molecular weight excluding hydrogens is 318 g/mol. The van der Waals surface area contributed by atoms with Crippen molar-refractivity contribution in [1.29, 1.82) is 0 Å². The number of fused-ring (bicyclic) bond motifs is 1. The number of carbonyl (C=O) groups excluding carboxylic acids is 1. The van der Waals surface area contributed by atoms with Crippen LogP contribution in [-0.4, -0.2) is 22.8 Å². The Morgan fingerprint density at radius 3 is 2.62 bits per heavy atom. The van der Waals surface area contributed by atoms with Crippen LogP contribution in [0.15, 0.2) is 23.2 Å². The molecule has 1 saturated carbocycles. The van der Waals surface area contributed by atoms with Gasteiger partial charge >= 0.3 is 5.97 Å². The number of ether oxygens (including phenoxy) is 1. The molecule has 4 heteroatoms. The van der Waals surface area contributed by atoms with Crippen LogP contribution in [0.5, 0.6) is 0 Å². The fourth-order valence-corrected chi connectivity index (χ4v) is 4.17. The van der Waals surface area contributed by atoms with Crippen molar-refractivity contribution < 1.29 is 9.53 Å². The molecule has 0 N–H and O–H groups in total. The highest BCUT2D eigenvalue weighted by molar-refractivity contribution is 7.99. The molecule has 3 rings (SSSR count). The number of hydrogen-bond acceptors (Lipinski definition) is 4. The molecule has 0 unspecified atom stereocenters. The minimum atomic E-state index is -0.118. The number of esters is 1. The van der Waals surface area contributed by atoms with Crippen molar-refractivity contribution in [2.75, 3.05) is 5.75 Å². The first kappa shape index (κ1) is 17.3. The fourth-order valence-electron chi connectivity index (χ4n) is 3.42. The number of rotatable bonds is 4.